The molecule has 0 radical (unpaired) electrons. The van der Waals surface area contributed by atoms with Crippen LogP contribution in [0.25, 0.3) is 0 Å². The molecule has 0 aliphatic heterocycles. The normalized spacial score (nSPS) is 9.83. The van der Waals surface area contributed by atoms with Gasteiger partial charge in [-0.1, -0.05) is 6.07 Å². The van der Waals surface area contributed by atoms with Crippen molar-refractivity contribution in [2.45, 2.75) is 4.90 Å². The minimum atomic E-state index is -4.92. The molecule has 0 aromatic heterocycles. The predicted molar refractivity (Wildman–Crippen MR) is 56.6 cm³/mol. The van der Waals surface area contributed by atoms with Crippen molar-refractivity contribution in [1.29, 1.82) is 0 Å². The minimum absolute atomic E-state index is 0. The maximum Gasteiger partial charge on any atom is 1.00 e. The Morgan fingerprint density at radius 3 is 1.56 bits per heavy atom. The van der Waals surface area contributed by atoms with Gasteiger partial charge in [0.15, 0.2) is 0 Å². The Morgan fingerprint density at radius 2 is 1.33 bits per heavy atom. The van der Waals surface area contributed by atoms with Crippen molar-refractivity contribution in [1.82, 2.24) is 0 Å². The van der Waals surface area contributed by atoms with Crippen LogP contribution in [-0.2, 0) is 10.1 Å². The van der Waals surface area contributed by atoms with Gasteiger partial charge in [0.25, 0.3) is 10.1 Å². The molecule has 18 heavy (non-hydrogen) atoms. The summed E-state index contributed by atoms with van der Waals surface area (Å²) >= 11 is 0. The third-order valence-electron chi connectivity index (χ3n) is 1.73. The summed E-state index contributed by atoms with van der Waals surface area (Å²) in [4.78, 5) is 20.2. The molecule has 0 saturated carbocycles. The van der Waals surface area contributed by atoms with Crippen LogP contribution in [0.2, 0.25) is 0 Å². The van der Waals surface area contributed by atoms with Crippen LogP contribution in [-0.4, -0.2) is 35.1 Å². The van der Waals surface area contributed by atoms with E-state index in [1.165, 1.54) is 0 Å². The van der Waals surface area contributed by atoms with Gasteiger partial charge >= 0.3 is 41.5 Å². The molecule has 0 unspecified atom stereocenters. The molecule has 0 saturated heterocycles. The SMILES string of the molecule is O=C(O)c1cccc(C(=O)O)c1S(=O)(=O)O.[CH3-].[Na+]. The van der Waals surface area contributed by atoms with Crippen molar-refractivity contribution in [3.8, 4) is 0 Å². The number of hydrogen-bond donors (Lipinski definition) is 3. The smallest absolute Gasteiger partial charge is 0.478 e. The maximum atomic E-state index is 10.9. The molecule has 7 nitrogen and oxygen atoms in total. The summed E-state index contributed by atoms with van der Waals surface area (Å²) in [6.45, 7) is 0. The van der Waals surface area contributed by atoms with E-state index in [1.807, 2.05) is 0 Å². The summed E-state index contributed by atoms with van der Waals surface area (Å²) < 4.78 is 30.6. The maximum absolute atomic E-state index is 10.9. The number of carbonyl (C=O) groups is 2. The van der Waals surface area contributed by atoms with E-state index in [4.69, 9.17) is 14.8 Å². The van der Waals surface area contributed by atoms with Gasteiger partial charge in [0, 0.05) is 0 Å². The van der Waals surface area contributed by atoms with E-state index in [2.05, 4.69) is 0 Å². The Bertz CT molecular complexity index is 532. The molecule has 0 atom stereocenters. The van der Waals surface area contributed by atoms with Crippen LogP contribution >= 0.6 is 0 Å². The summed E-state index contributed by atoms with van der Waals surface area (Å²) in [7, 11) is -4.92. The van der Waals surface area contributed by atoms with Crippen molar-refractivity contribution < 1.29 is 62.3 Å². The molecule has 1 rings (SSSR count). The zero-order valence-electron chi connectivity index (χ0n) is 9.61. The number of aromatic carboxylic acids is 2. The third kappa shape index (κ3) is 4.07. The molecule has 0 aliphatic carbocycles. The minimum Gasteiger partial charge on any atom is -0.478 e. The van der Waals surface area contributed by atoms with Crippen molar-refractivity contribution >= 4 is 22.1 Å². The first-order chi connectivity index (χ1) is 7.25. The monoisotopic (exact) mass is 284 g/mol. The van der Waals surface area contributed by atoms with Gasteiger partial charge in [-0.15, -0.1) is 0 Å². The van der Waals surface area contributed by atoms with E-state index < -0.39 is 38.1 Å². The van der Waals surface area contributed by atoms with Crippen molar-refractivity contribution in [2.75, 3.05) is 0 Å². The molecule has 0 fully saturated rings. The number of benzene rings is 1. The topological polar surface area (TPSA) is 129 Å². The van der Waals surface area contributed by atoms with Crippen LogP contribution < -0.4 is 29.6 Å². The van der Waals surface area contributed by atoms with Gasteiger partial charge in [0.2, 0.25) is 0 Å². The van der Waals surface area contributed by atoms with Gasteiger partial charge in [0.05, 0.1) is 11.1 Å². The molecule has 3 N–H and O–H groups in total. The summed E-state index contributed by atoms with van der Waals surface area (Å²) in [5, 5.41) is 17.3. The first kappa shape index (κ1) is 19.4. The van der Waals surface area contributed by atoms with Gasteiger partial charge in [-0.05, 0) is 12.1 Å². The predicted octanol–water partition coefficient (Wildman–Crippen LogP) is -2.22. The molecule has 1 aromatic rings. The van der Waals surface area contributed by atoms with Gasteiger partial charge in [0.1, 0.15) is 4.90 Å². The van der Waals surface area contributed by atoms with Crippen LogP contribution in [0.1, 0.15) is 20.7 Å². The van der Waals surface area contributed by atoms with E-state index in [0.29, 0.717) is 0 Å². The fourth-order valence-electron chi connectivity index (χ4n) is 1.15. The first-order valence-electron chi connectivity index (χ1n) is 3.82. The Morgan fingerprint density at radius 1 is 1.00 bits per heavy atom. The molecule has 0 spiro atoms. The molecular formula is C9H9NaO7S. The Kier molecular flexibility index (Phi) is 7.39. The standard InChI is InChI=1S/C8H6O7S.CH3.Na/c9-7(10)4-2-1-3-5(8(11)12)6(4)16(13,14)15;;/h1-3H,(H,9,10)(H,11,12)(H,13,14,15);1H3;/q;-1;+1. The second-order valence-electron chi connectivity index (χ2n) is 2.77. The number of rotatable bonds is 3. The zero-order valence-corrected chi connectivity index (χ0v) is 12.4. The quantitative estimate of drug-likeness (QED) is 0.326. The molecule has 94 valence electrons. The summed E-state index contributed by atoms with van der Waals surface area (Å²) in [5.74, 6) is -3.29. The van der Waals surface area contributed by atoms with E-state index in [9.17, 15) is 18.0 Å². The van der Waals surface area contributed by atoms with Crippen molar-refractivity contribution in [3.63, 3.8) is 0 Å². The van der Waals surface area contributed by atoms with E-state index in [-0.39, 0.29) is 37.0 Å². The molecule has 0 aliphatic rings. The Balaban J connectivity index is 0. The fourth-order valence-corrected chi connectivity index (χ4v) is 2.02. The molecule has 0 amide bonds. The van der Waals surface area contributed by atoms with Crippen LogP contribution in [0.15, 0.2) is 23.1 Å². The molecule has 9 heteroatoms. The van der Waals surface area contributed by atoms with E-state index >= 15 is 0 Å². The second kappa shape index (κ2) is 6.86. The van der Waals surface area contributed by atoms with Crippen LogP contribution in [0.5, 0.6) is 0 Å². The second-order valence-corrected chi connectivity index (χ2v) is 4.13. The van der Waals surface area contributed by atoms with Crippen LogP contribution in [0, 0.1) is 7.43 Å². The number of carboxylic acids is 2. The summed E-state index contributed by atoms with van der Waals surface area (Å²) in [6, 6.07) is 2.84. The summed E-state index contributed by atoms with van der Waals surface area (Å²) in [6.07, 6.45) is 0. The Labute approximate surface area is 125 Å². The molecule has 0 bridgehead atoms. The van der Waals surface area contributed by atoms with E-state index in [1.54, 1.807) is 0 Å². The van der Waals surface area contributed by atoms with Gasteiger partial charge in [-0.25, -0.2) is 9.59 Å². The van der Waals surface area contributed by atoms with Gasteiger partial charge in [-0.2, -0.15) is 8.42 Å². The fraction of sp³-hybridized carbons (Fsp3) is 0. The summed E-state index contributed by atoms with van der Waals surface area (Å²) in [5.41, 5.74) is -1.58. The van der Waals surface area contributed by atoms with E-state index in [0.717, 1.165) is 18.2 Å². The van der Waals surface area contributed by atoms with Crippen LogP contribution in [0.4, 0.5) is 0 Å². The first-order valence-corrected chi connectivity index (χ1v) is 5.26. The Hall–Kier alpha value is -0.930. The largest absolute Gasteiger partial charge is 1.00 e. The molecular weight excluding hydrogens is 275 g/mol. The average molecular weight is 284 g/mol. The van der Waals surface area contributed by atoms with Crippen molar-refractivity contribution in [3.05, 3.63) is 36.8 Å². The van der Waals surface area contributed by atoms with Gasteiger partial charge < -0.3 is 17.6 Å². The average Bonchev–Trinajstić information content (AvgIpc) is 2.15. The van der Waals surface area contributed by atoms with Crippen LogP contribution in [0.3, 0.4) is 0 Å². The molecule has 1 aromatic carbocycles. The third-order valence-corrected chi connectivity index (χ3v) is 2.69. The number of carboxylic acid groups (broad SMARTS) is 2. The van der Waals surface area contributed by atoms with Gasteiger partial charge in [-0.3, -0.25) is 4.55 Å². The molecule has 0 heterocycles. The number of hydrogen-bond acceptors (Lipinski definition) is 4. The zero-order chi connectivity index (χ0) is 12.5. The van der Waals surface area contributed by atoms with Crippen molar-refractivity contribution in [2.24, 2.45) is 0 Å².